The fourth-order valence-electron chi connectivity index (χ4n) is 3.36. The summed E-state index contributed by atoms with van der Waals surface area (Å²) in [6.45, 7) is 0. The number of carbonyl (C=O) groups is 2. The largest absolute Gasteiger partial charge is 0.493 e. The summed E-state index contributed by atoms with van der Waals surface area (Å²) in [6.07, 6.45) is -4.33. The van der Waals surface area contributed by atoms with E-state index in [9.17, 15) is 28.0 Å². The molecule has 6 nitrogen and oxygen atoms in total. The quantitative estimate of drug-likeness (QED) is 0.738. The van der Waals surface area contributed by atoms with Crippen LogP contribution in [0.25, 0.3) is 0 Å². The van der Waals surface area contributed by atoms with Crippen molar-refractivity contribution in [2.24, 2.45) is 17.8 Å². The zero-order chi connectivity index (χ0) is 20.9. The first-order valence-corrected chi connectivity index (χ1v) is 8.74. The average molecular weight is 398 g/mol. The number of nitriles is 1. The molecule has 3 unspecified atom stereocenters. The lowest BCUT2D eigenvalue weighted by atomic mass is 9.76. The van der Waals surface area contributed by atoms with Crippen LogP contribution in [0.3, 0.4) is 0 Å². The van der Waals surface area contributed by atoms with Gasteiger partial charge >= 0.3 is 6.18 Å². The van der Waals surface area contributed by atoms with Gasteiger partial charge in [-0.05, 0) is 31.4 Å². The number of benzene rings is 1. The molecule has 0 aliphatic heterocycles. The van der Waals surface area contributed by atoms with Crippen LogP contribution in [0.1, 0.15) is 25.7 Å². The Labute approximate surface area is 160 Å². The fraction of sp³-hybridized carbons (Fsp3) is 0.526. The Bertz CT molecular complexity index is 773. The van der Waals surface area contributed by atoms with Crippen LogP contribution in [0, 0.1) is 29.1 Å². The first kappa shape index (κ1) is 21.5. The van der Waals surface area contributed by atoms with Crippen molar-refractivity contribution in [3.05, 3.63) is 18.2 Å². The molecule has 152 valence electrons. The molecule has 28 heavy (non-hydrogen) atoms. The van der Waals surface area contributed by atoms with Crippen LogP contribution >= 0.6 is 0 Å². The van der Waals surface area contributed by atoms with Gasteiger partial charge in [-0.2, -0.15) is 18.4 Å². The summed E-state index contributed by atoms with van der Waals surface area (Å²) in [5.41, 5.74) is 0.271. The Morgan fingerprint density at radius 1 is 1.21 bits per heavy atom. The smallest absolute Gasteiger partial charge is 0.391 e. The molecular weight excluding hydrogens is 377 g/mol. The van der Waals surface area contributed by atoms with Crippen LogP contribution in [0.5, 0.6) is 11.5 Å². The molecule has 2 rings (SSSR count). The number of hydrogen-bond acceptors (Lipinski definition) is 5. The number of amides is 1. The number of halogens is 3. The van der Waals surface area contributed by atoms with Crippen molar-refractivity contribution in [2.75, 3.05) is 19.5 Å². The summed E-state index contributed by atoms with van der Waals surface area (Å²) in [4.78, 5) is 25.0. The molecule has 1 saturated carbocycles. The van der Waals surface area contributed by atoms with Gasteiger partial charge in [0.1, 0.15) is 0 Å². The second-order valence-electron chi connectivity index (χ2n) is 6.63. The Morgan fingerprint density at radius 2 is 1.89 bits per heavy atom. The molecule has 1 aromatic carbocycles. The van der Waals surface area contributed by atoms with Gasteiger partial charge in [0, 0.05) is 17.7 Å². The van der Waals surface area contributed by atoms with Crippen LogP contribution in [-0.4, -0.2) is 32.1 Å². The predicted octanol–water partition coefficient (Wildman–Crippen LogP) is 3.72. The minimum Gasteiger partial charge on any atom is -0.493 e. The highest BCUT2D eigenvalue weighted by atomic mass is 19.4. The number of ketones is 1. The molecule has 1 aromatic rings. The molecule has 1 fully saturated rings. The number of alkyl halides is 3. The number of nitrogens with zero attached hydrogens (tertiary/aromatic N) is 1. The van der Waals surface area contributed by atoms with Crippen molar-refractivity contribution < 1.29 is 32.2 Å². The van der Waals surface area contributed by atoms with Crippen molar-refractivity contribution in [1.29, 1.82) is 5.26 Å². The van der Waals surface area contributed by atoms with Crippen molar-refractivity contribution >= 4 is 17.4 Å². The summed E-state index contributed by atoms with van der Waals surface area (Å²) < 4.78 is 49.1. The second kappa shape index (κ2) is 8.95. The molecule has 0 heterocycles. The second-order valence-corrected chi connectivity index (χ2v) is 6.63. The highest BCUT2D eigenvalue weighted by molar-refractivity contribution is 6.10. The van der Waals surface area contributed by atoms with Crippen LogP contribution < -0.4 is 14.8 Å². The lowest BCUT2D eigenvalue weighted by Crippen LogP contribution is -2.37. The van der Waals surface area contributed by atoms with E-state index >= 15 is 0 Å². The topological polar surface area (TPSA) is 88.4 Å². The Morgan fingerprint density at radius 3 is 2.46 bits per heavy atom. The third-order valence-electron chi connectivity index (χ3n) is 4.87. The van der Waals surface area contributed by atoms with Gasteiger partial charge in [0.2, 0.25) is 5.91 Å². The molecule has 1 aliphatic rings. The molecule has 1 amide bonds. The summed E-state index contributed by atoms with van der Waals surface area (Å²) in [7, 11) is 2.85. The van der Waals surface area contributed by atoms with Crippen LogP contribution in [0.2, 0.25) is 0 Å². The number of ether oxygens (including phenoxy) is 2. The van der Waals surface area contributed by atoms with E-state index in [4.69, 9.17) is 9.47 Å². The SMILES string of the molecule is COc1ccc(NC(=O)C(C#N)C(=O)C2CCCC(C(F)(F)F)C2)cc1OC. The van der Waals surface area contributed by atoms with Crippen molar-refractivity contribution in [2.45, 2.75) is 31.9 Å². The van der Waals surface area contributed by atoms with Crippen LogP contribution in [0.4, 0.5) is 18.9 Å². The van der Waals surface area contributed by atoms with E-state index < -0.39 is 35.6 Å². The lowest BCUT2D eigenvalue weighted by Gasteiger charge is -2.30. The first-order valence-electron chi connectivity index (χ1n) is 8.74. The Balaban J connectivity index is 2.11. The molecule has 1 N–H and O–H groups in total. The highest BCUT2D eigenvalue weighted by Crippen LogP contribution is 2.41. The van der Waals surface area contributed by atoms with E-state index in [1.165, 1.54) is 32.4 Å². The standard InChI is InChI=1S/C19H21F3N2O4/c1-27-15-7-6-13(9-16(15)28-2)24-18(26)14(10-23)17(25)11-4-3-5-12(8-11)19(20,21)22/h6-7,9,11-12,14H,3-5,8H2,1-2H3,(H,24,26). The summed E-state index contributed by atoms with van der Waals surface area (Å²) in [5.74, 6) is -5.10. The number of anilines is 1. The maximum Gasteiger partial charge on any atom is 0.391 e. The Kier molecular flexibility index (Phi) is 6.89. The maximum atomic E-state index is 13.0. The third kappa shape index (κ3) is 4.94. The van der Waals surface area contributed by atoms with E-state index in [-0.39, 0.29) is 31.4 Å². The summed E-state index contributed by atoms with van der Waals surface area (Å²) in [6, 6.07) is 6.11. The minimum atomic E-state index is -4.39. The number of carbonyl (C=O) groups excluding carboxylic acids is 2. The highest BCUT2D eigenvalue weighted by Gasteiger charge is 2.45. The Hall–Kier alpha value is -2.76. The molecule has 0 radical (unpaired) electrons. The minimum absolute atomic E-state index is 0.0393. The normalized spacial score (nSPS) is 20.6. The number of methoxy groups -OCH3 is 2. The molecule has 9 heteroatoms. The van der Waals surface area contributed by atoms with Gasteiger partial charge in [0.05, 0.1) is 26.2 Å². The van der Waals surface area contributed by atoms with Crippen molar-refractivity contribution in [3.8, 4) is 17.6 Å². The van der Waals surface area contributed by atoms with E-state index in [0.717, 1.165) is 0 Å². The van der Waals surface area contributed by atoms with Gasteiger partial charge in [-0.1, -0.05) is 6.42 Å². The fourth-order valence-corrected chi connectivity index (χ4v) is 3.36. The van der Waals surface area contributed by atoms with Crippen LogP contribution in [0.15, 0.2) is 18.2 Å². The molecule has 1 aliphatic carbocycles. The number of hydrogen-bond donors (Lipinski definition) is 1. The van der Waals surface area contributed by atoms with Gasteiger partial charge in [0.15, 0.2) is 23.2 Å². The molecule has 0 bridgehead atoms. The maximum absolute atomic E-state index is 13.0. The van der Waals surface area contributed by atoms with E-state index in [2.05, 4.69) is 5.32 Å². The first-order chi connectivity index (χ1) is 13.2. The molecular formula is C19H21F3N2O4. The zero-order valence-electron chi connectivity index (χ0n) is 15.5. The summed E-state index contributed by atoms with van der Waals surface area (Å²) in [5, 5.41) is 11.7. The van der Waals surface area contributed by atoms with Gasteiger partial charge in [-0.25, -0.2) is 0 Å². The molecule has 0 aromatic heterocycles. The van der Waals surface area contributed by atoms with Gasteiger partial charge in [0.25, 0.3) is 0 Å². The summed E-state index contributed by atoms with van der Waals surface area (Å²) >= 11 is 0. The third-order valence-corrected chi connectivity index (χ3v) is 4.87. The van der Waals surface area contributed by atoms with Crippen LogP contribution in [-0.2, 0) is 9.59 Å². The van der Waals surface area contributed by atoms with Crippen molar-refractivity contribution in [1.82, 2.24) is 0 Å². The molecule has 3 atom stereocenters. The molecule has 0 spiro atoms. The van der Waals surface area contributed by atoms with E-state index in [1.54, 1.807) is 6.07 Å². The van der Waals surface area contributed by atoms with Gasteiger partial charge in [-0.15, -0.1) is 0 Å². The van der Waals surface area contributed by atoms with Gasteiger partial charge in [-0.3, -0.25) is 9.59 Å². The van der Waals surface area contributed by atoms with E-state index in [0.29, 0.717) is 11.5 Å². The number of nitrogens with one attached hydrogen (secondary N) is 1. The average Bonchev–Trinajstić information content (AvgIpc) is 2.67. The van der Waals surface area contributed by atoms with Crippen molar-refractivity contribution in [3.63, 3.8) is 0 Å². The number of rotatable bonds is 6. The predicted molar refractivity (Wildman–Crippen MR) is 93.8 cm³/mol. The lowest BCUT2D eigenvalue weighted by molar-refractivity contribution is -0.186. The molecule has 0 saturated heterocycles. The van der Waals surface area contributed by atoms with E-state index in [1.807, 2.05) is 0 Å². The zero-order valence-corrected chi connectivity index (χ0v) is 15.5. The monoisotopic (exact) mass is 398 g/mol. The van der Waals surface area contributed by atoms with Gasteiger partial charge < -0.3 is 14.8 Å². The number of Topliss-reactive ketones (excluding diaryl/α,β-unsaturated/α-hetero) is 1.